The Morgan fingerprint density at radius 2 is 1.83 bits per heavy atom. The summed E-state index contributed by atoms with van der Waals surface area (Å²) in [5, 5.41) is 9.50. The highest BCUT2D eigenvalue weighted by Crippen LogP contribution is 2.26. The van der Waals surface area contributed by atoms with Crippen molar-refractivity contribution >= 4 is 11.9 Å². The first-order valence-electron chi connectivity index (χ1n) is 9.04. The number of rotatable bonds is 6. The summed E-state index contributed by atoms with van der Waals surface area (Å²) in [6.45, 7) is 3.56. The molecule has 148 valence electrons. The van der Waals surface area contributed by atoms with E-state index in [1.807, 2.05) is 37.3 Å². The minimum atomic E-state index is -0.765. The summed E-state index contributed by atoms with van der Waals surface area (Å²) in [5.74, 6) is -0.608. The highest BCUT2D eigenvalue weighted by molar-refractivity contribution is 5.95. The molecular formula is C22H21N3O4. The van der Waals surface area contributed by atoms with Crippen LogP contribution in [0.2, 0.25) is 0 Å². The monoisotopic (exact) mass is 391 g/mol. The van der Waals surface area contributed by atoms with Crippen LogP contribution in [0.25, 0.3) is 5.88 Å². The fraction of sp³-hybridized carbons (Fsp3) is 0.227. The molecule has 3 aromatic rings. The molecule has 0 fully saturated rings. The Bertz CT molecular complexity index is 1060. The molecule has 0 spiro atoms. The number of ether oxygens (including phenoxy) is 1. The van der Waals surface area contributed by atoms with E-state index in [2.05, 4.69) is 0 Å². The maximum atomic E-state index is 12.5. The second kappa shape index (κ2) is 8.48. The van der Waals surface area contributed by atoms with E-state index in [9.17, 15) is 14.9 Å². The van der Waals surface area contributed by atoms with E-state index >= 15 is 0 Å². The molecule has 0 unspecified atom stereocenters. The van der Waals surface area contributed by atoms with Crippen molar-refractivity contribution in [2.24, 2.45) is 0 Å². The highest BCUT2D eigenvalue weighted by atomic mass is 16.5. The van der Waals surface area contributed by atoms with Crippen LogP contribution >= 0.6 is 0 Å². The summed E-state index contributed by atoms with van der Waals surface area (Å²) < 4.78 is 12.4. The van der Waals surface area contributed by atoms with Gasteiger partial charge in [0.1, 0.15) is 23.0 Å². The third-order valence-corrected chi connectivity index (χ3v) is 4.51. The van der Waals surface area contributed by atoms with E-state index in [1.54, 1.807) is 43.1 Å². The van der Waals surface area contributed by atoms with Crippen molar-refractivity contribution < 1.29 is 18.7 Å². The lowest BCUT2D eigenvalue weighted by atomic mass is 10.1. The van der Waals surface area contributed by atoms with Crippen LogP contribution in [-0.2, 0) is 16.1 Å². The third kappa shape index (κ3) is 4.38. The van der Waals surface area contributed by atoms with Crippen LogP contribution in [0.1, 0.15) is 32.8 Å². The lowest BCUT2D eigenvalue weighted by Gasteiger charge is -2.17. The number of aryl methyl sites for hydroxylation is 2. The van der Waals surface area contributed by atoms with Crippen molar-refractivity contribution in [1.82, 2.24) is 9.47 Å². The molecule has 3 rings (SSSR count). The van der Waals surface area contributed by atoms with Crippen molar-refractivity contribution in [3.8, 4) is 12.0 Å². The first-order chi connectivity index (χ1) is 13.9. The lowest BCUT2D eigenvalue weighted by molar-refractivity contribution is -0.133. The Labute approximate surface area is 168 Å². The number of furan rings is 1. The number of amides is 1. The molecule has 1 amide bonds. The topological polar surface area (TPSA) is 88.5 Å². The first kappa shape index (κ1) is 20.0. The molecule has 0 saturated carbocycles. The summed E-state index contributed by atoms with van der Waals surface area (Å²) >= 11 is 0. The molecule has 0 atom stereocenters. The van der Waals surface area contributed by atoms with Gasteiger partial charge in [-0.2, -0.15) is 5.26 Å². The minimum absolute atomic E-state index is 0.0326. The number of aromatic nitrogens is 1. The van der Waals surface area contributed by atoms with Gasteiger partial charge in [-0.25, -0.2) is 4.79 Å². The van der Waals surface area contributed by atoms with Crippen LogP contribution in [0.5, 0.6) is 0 Å². The molecule has 7 heteroatoms. The van der Waals surface area contributed by atoms with Crippen LogP contribution in [-0.4, -0.2) is 35.0 Å². The number of hydrogen-bond acceptors (Lipinski definition) is 5. The van der Waals surface area contributed by atoms with Gasteiger partial charge in [-0.15, -0.1) is 0 Å². The van der Waals surface area contributed by atoms with Gasteiger partial charge in [0.25, 0.3) is 5.91 Å². The van der Waals surface area contributed by atoms with Gasteiger partial charge in [0, 0.05) is 26.0 Å². The van der Waals surface area contributed by atoms with Crippen molar-refractivity contribution in [1.29, 1.82) is 5.26 Å². The van der Waals surface area contributed by atoms with Gasteiger partial charge in [-0.05, 0) is 31.5 Å². The number of hydrogen-bond donors (Lipinski definition) is 0. The quantitative estimate of drug-likeness (QED) is 0.601. The van der Waals surface area contributed by atoms with Gasteiger partial charge in [0.05, 0.1) is 0 Å². The molecule has 0 radical (unpaired) electrons. The normalized spacial score (nSPS) is 10.4. The molecule has 0 aliphatic carbocycles. The first-order valence-corrected chi connectivity index (χ1v) is 9.04. The number of carbonyl (C=O) groups excluding carboxylic acids is 2. The van der Waals surface area contributed by atoms with Crippen LogP contribution in [0.4, 0.5) is 0 Å². The molecule has 29 heavy (non-hydrogen) atoms. The van der Waals surface area contributed by atoms with E-state index in [1.165, 1.54) is 4.90 Å². The van der Waals surface area contributed by atoms with Crippen molar-refractivity contribution in [3.63, 3.8) is 0 Å². The number of esters is 1. The molecule has 2 heterocycles. The zero-order valence-corrected chi connectivity index (χ0v) is 16.5. The summed E-state index contributed by atoms with van der Waals surface area (Å²) in [4.78, 5) is 26.4. The SMILES string of the molecule is Cc1ccc(CN(C)C(=O)COC(=O)c2c(C)oc(-n3cccc3)c2C#N)cc1. The molecule has 0 aliphatic rings. The summed E-state index contributed by atoms with van der Waals surface area (Å²) in [6, 6.07) is 13.4. The van der Waals surface area contributed by atoms with Crippen molar-refractivity contribution in [3.05, 3.63) is 76.8 Å². The fourth-order valence-electron chi connectivity index (χ4n) is 2.90. The average Bonchev–Trinajstić information content (AvgIpc) is 3.34. The van der Waals surface area contributed by atoms with Crippen molar-refractivity contribution in [2.45, 2.75) is 20.4 Å². The Morgan fingerprint density at radius 1 is 1.17 bits per heavy atom. The summed E-state index contributed by atoms with van der Waals surface area (Å²) in [6.07, 6.45) is 3.41. The summed E-state index contributed by atoms with van der Waals surface area (Å²) in [7, 11) is 1.64. The maximum absolute atomic E-state index is 12.5. The maximum Gasteiger partial charge on any atom is 0.343 e. The van der Waals surface area contributed by atoms with E-state index in [4.69, 9.17) is 9.15 Å². The average molecular weight is 391 g/mol. The van der Waals surface area contributed by atoms with E-state index in [-0.39, 0.29) is 28.7 Å². The van der Waals surface area contributed by atoms with Crippen LogP contribution in [0.15, 0.2) is 53.2 Å². The number of nitrogens with zero attached hydrogens (tertiary/aromatic N) is 3. The van der Waals surface area contributed by atoms with Gasteiger partial charge in [0.15, 0.2) is 6.61 Å². The lowest BCUT2D eigenvalue weighted by Crippen LogP contribution is -2.31. The predicted octanol–water partition coefficient (Wildman–Crippen LogP) is 3.37. The van der Waals surface area contributed by atoms with Gasteiger partial charge in [-0.3, -0.25) is 9.36 Å². The second-order valence-corrected chi connectivity index (χ2v) is 6.73. The van der Waals surface area contributed by atoms with Crippen LogP contribution in [0.3, 0.4) is 0 Å². The largest absolute Gasteiger partial charge is 0.452 e. The van der Waals surface area contributed by atoms with Crippen molar-refractivity contribution in [2.75, 3.05) is 13.7 Å². The molecule has 7 nitrogen and oxygen atoms in total. The fourth-order valence-corrected chi connectivity index (χ4v) is 2.90. The Kier molecular flexibility index (Phi) is 5.84. The molecule has 0 aliphatic heterocycles. The summed E-state index contributed by atoms with van der Waals surface area (Å²) in [5.41, 5.74) is 2.22. The smallest absolute Gasteiger partial charge is 0.343 e. The molecule has 2 aromatic heterocycles. The second-order valence-electron chi connectivity index (χ2n) is 6.73. The Balaban J connectivity index is 1.67. The standard InChI is InChI=1S/C22H21N3O4/c1-15-6-8-17(9-7-15)13-24(3)19(26)14-28-22(27)20-16(2)29-21(18(20)12-23)25-10-4-5-11-25/h4-11H,13-14H2,1-3H3. The minimum Gasteiger partial charge on any atom is -0.452 e. The molecule has 0 bridgehead atoms. The Morgan fingerprint density at radius 3 is 2.45 bits per heavy atom. The Hall–Kier alpha value is -3.79. The van der Waals surface area contributed by atoms with E-state index in [0.717, 1.165) is 11.1 Å². The zero-order valence-electron chi connectivity index (χ0n) is 16.5. The molecular weight excluding hydrogens is 370 g/mol. The zero-order chi connectivity index (χ0) is 21.0. The highest BCUT2D eigenvalue weighted by Gasteiger charge is 2.26. The van der Waals surface area contributed by atoms with Gasteiger partial charge < -0.3 is 14.1 Å². The third-order valence-electron chi connectivity index (χ3n) is 4.51. The molecule has 0 N–H and O–H groups in total. The number of nitriles is 1. The van der Waals surface area contributed by atoms with E-state index in [0.29, 0.717) is 6.54 Å². The van der Waals surface area contributed by atoms with Gasteiger partial charge >= 0.3 is 5.97 Å². The van der Waals surface area contributed by atoms with Gasteiger partial charge in [-0.1, -0.05) is 29.8 Å². The number of carbonyl (C=O) groups is 2. The van der Waals surface area contributed by atoms with Crippen LogP contribution < -0.4 is 0 Å². The number of benzene rings is 1. The van der Waals surface area contributed by atoms with E-state index < -0.39 is 12.6 Å². The number of likely N-dealkylation sites (N-methyl/N-ethyl adjacent to an activating group) is 1. The van der Waals surface area contributed by atoms with Crippen LogP contribution in [0, 0.1) is 25.2 Å². The van der Waals surface area contributed by atoms with Gasteiger partial charge in [0.2, 0.25) is 5.88 Å². The molecule has 1 aromatic carbocycles. The molecule has 0 saturated heterocycles. The predicted molar refractivity (Wildman–Crippen MR) is 105 cm³/mol.